The van der Waals surface area contributed by atoms with Crippen molar-refractivity contribution in [3.63, 3.8) is 0 Å². The van der Waals surface area contributed by atoms with E-state index in [2.05, 4.69) is 10.1 Å². The lowest BCUT2D eigenvalue weighted by atomic mass is 10.1. The second kappa shape index (κ2) is 8.87. The Hall–Kier alpha value is -3.19. The van der Waals surface area contributed by atoms with Crippen LogP contribution in [0.4, 0.5) is 22.0 Å². The number of ether oxygens (including phenoxy) is 1. The van der Waals surface area contributed by atoms with Crippen LogP contribution in [0.15, 0.2) is 52.0 Å². The summed E-state index contributed by atoms with van der Waals surface area (Å²) < 4.78 is 101. The third-order valence-corrected chi connectivity index (χ3v) is 6.99. The molecule has 1 fully saturated rings. The Balaban J connectivity index is 1.50. The maximum absolute atomic E-state index is 14.0. The average Bonchev–Trinajstić information content (AvgIpc) is 3.40. The number of hydrogen-bond donors (Lipinski definition) is 1. The number of benzene rings is 2. The van der Waals surface area contributed by atoms with Gasteiger partial charge in [-0.15, -0.1) is 13.2 Å². The van der Waals surface area contributed by atoms with Crippen LogP contribution in [-0.4, -0.2) is 37.6 Å². The lowest BCUT2D eigenvalue weighted by Crippen LogP contribution is -2.45. The van der Waals surface area contributed by atoms with Crippen molar-refractivity contribution in [1.29, 1.82) is 0 Å². The van der Waals surface area contributed by atoms with E-state index in [0.717, 1.165) is 40.7 Å². The van der Waals surface area contributed by atoms with Crippen LogP contribution in [0.2, 0.25) is 0 Å². The summed E-state index contributed by atoms with van der Waals surface area (Å²) in [6.45, 7) is -0.483. The van der Waals surface area contributed by atoms with Crippen molar-refractivity contribution in [3.8, 4) is 5.75 Å². The third kappa shape index (κ3) is 4.99. The van der Waals surface area contributed by atoms with Gasteiger partial charge in [-0.1, -0.05) is 0 Å². The summed E-state index contributed by atoms with van der Waals surface area (Å²) in [5.41, 5.74) is -0.126. The van der Waals surface area contributed by atoms with Crippen molar-refractivity contribution in [3.05, 3.63) is 59.7 Å². The van der Waals surface area contributed by atoms with Crippen LogP contribution in [0, 0.1) is 11.6 Å². The van der Waals surface area contributed by atoms with Gasteiger partial charge in [0.2, 0.25) is 11.0 Å². The normalized spacial score (nSPS) is 17.3. The molecule has 0 saturated carbocycles. The molecule has 0 unspecified atom stereocenters. The number of hydrogen-bond acceptors (Lipinski definition) is 5. The Morgan fingerprint density at radius 3 is 2.65 bits per heavy atom. The van der Waals surface area contributed by atoms with Crippen LogP contribution >= 0.6 is 0 Å². The number of carbonyl (C=O) groups excluding carboxylic acids is 1. The molecule has 7 nitrogen and oxygen atoms in total. The highest BCUT2D eigenvalue weighted by atomic mass is 32.2. The summed E-state index contributed by atoms with van der Waals surface area (Å²) in [5.74, 6) is -2.87. The van der Waals surface area contributed by atoms with E-state index in [-0.39, 0.29) is 29.5 Å². The van der Waals surface area contributed by atoms with Crippen molar-refractivity contribution in [2.75, 3.05) is 6.54 Å². The topological polar surface area (TPSA) is 88.9 Å². The Bertz CT molecular complexity index is 1340. The van der Waals surface area contributed by atoms with Gasteiger partial charge in [-0.05, 0) is 49.2 Å². The molecule has 0 bridgehead atoms. The Labute approximate surface area is 190 Å². The van der Waals surface area contributed by atoms with Gasteiger partial charge in [0, 0.05) is 30.1 Å². The Kier molecular flexibility index (Phi) is 6.25. The highest BCUT2D eigenvalue weighted by Crippen LogP contribution is 2.31. The quantitative estimate of drug-likeness (QED) is 0.511. The molecule has 13 heteroatoms. The molecule has 1 aliphatic rings. The van der Waals surface area contributed by atoms with E-state index in [1.807, 2.05) is 0 Å². The molecule has 1 aliphatic heterocycles. The van der Waals surface area contributed by atoms with Gasteiger partial charge < -0.3 is 14.5 Å². The first-order valence-electron chi connectivity index (χ1n) is 9.97. The number of fused-ring (bicyclic) bond motifs is 1. The molecular weight excluding hydrogens is 487 g/mol. The number of halogens is 5. The minimum atomic E-state index is -4.97. The van der Waals surface area contributed by atoms with E-state index in [1.165, 1.54) is 6.07 Å². The molecular formula is C21H17F5N2O5S. The van der Waals surface area contributed by atoms with E-state index in [4.69, 9.17) is 4.42 Å². The Morgan fingerprint density at radius 2 is 1.91 bits per heavy atom. The van der Waals surface area contributed by atoms with Crippen LogP contribution in [0.5, 0.6) is 5.75 Å². The second-order valence-corrected chi connectivity index (χ2v) is 9.36. The summed E-state index contributed by atoms with van der Waals surface area (Å²) in [7, 11) is -4.26. The van der Waals surface area contributed by atoms with Gasteiger partial charge in [-0.2, -0.15) is 4.31 Å². The number of alkyl halides is 3. The van der Waals surface area contributed by atoms with Crippen LogP contribution < -0.4 is 10.1 Å². The molecule has 0 radical (unpaired) electrons. The van der Waals surface area contributed by atoms with E-state index >= 15 is 0 Å². The predicted molar refractivity (Wildman–Crippen MR) is 108 cm³/mol. The van der Waals surface area contributed by atoms with Crippen molar-refractivity contribution in [2.24, 2.45) is 0 Å². The number of nitrogens with one attached hydrogen (secondary N) is 1. The average molecular weight is 504 g/mol. The molecule has 1 saturated heterocycles. The second-order valence-electron chi connectivity index (χ2n) is 7.54. The highest BCUT2D eigenvalue weighted by Gasteiger charge is 2.41. The summed E-state index contributed by atoms with van der Waals surface area (Å²) in [4.78, 5) is 12.7. The number of carbonyl (C=O) groups is 1. The fraction of sp³-hybridized carbons (Fsp3) is 0.286. The first-order valence-corrected chi connectivity index (χ1v) is 11.4. The number of nitrogens with zero attached hydrogens (tertiary/aromatic N) is 1. The standard InChI is InChI=1S/C21H17F5N2O5S/c22-14-3-6-18-12(8-14)10-19(32-18)34(30,31)28-7-1-2-17(28)20(29)27-11-13-9-15(4-5-16(13)23)33-21(24,25)26/h3-6,8-10,17H,1-2,7,11H2,(H,27,29)/t17-/m0/s1. The molecule has 182 valence electrons. The molecule has 34 heavy (non-hydrogen) atoms. The lowest BCUT2D eigenvalue weighted by molar-refractivity contribution is -0.274. The Morgan fingerprint density at radius 1 is 1.15 bits per heavy atom. The number of amides is 1. The minimum absolute atomic E-state index is 0.00902. The van der Waals surface area contributed by atoms with E-state index in [0.29, 0.717) is 6.42 Å². The minimum Gasteiger partial charge on any atom is -0.443 e. The zero-order valence-electron chi connectivity index (χ0n) is 17.2. The maximum atomic E-state index is 14.0. The predicted octanol–water partition coefficient (Wildman–Crippen LogP) is 4.08. The molecule has 3 aromatic rings. The SMILES string of the molecule is O=C(NCc1cc(OC(F)(F)F)ccc1F)[C@@H]1CCCN1S(=O)(=O)c1cc2cc(F)ccc2o1. The number of sulfonamides is 1. The van der Waals surface area contributed by atoms with Crippen LogP contribution in [0.1, 0.15) is 18.4 Å². The largest absolute Gasteiger partial charge is 0.573 e. The molecule has 1 N–H and O–H groups in total. The molecule has 0 spiro atoms. The van der Waals surface area contributed by atoms with Gasteiger partial charge >= 0.3 is 6.36 Å². The van der Waals surface area contributed by atoms with Gasteiger partial charge in [-0.3, -0.25) is 4.79 Å². The first kappa shape index (κ1) is 24.0. The number of rotatable bonds is 6. The smallest absolute Gasteiger partial charge is 0.443 e. The first-order chi connectivity index (χ1) is 15.9. The van der Waals surface area contributed by atoms with Gasteiger partial charge in [0.05, 0.1) is 0 Å². The zero-order chi connectivity index (χ0) is 24.7. The number of furan rings is 1. The van der Waals surface area contributed by atoms with E-state index in [1.54, 1.807) is 0 Å². The maximum Gasteiger partial charge on any atom is 0.573 e. The van der Waals surface area contributed by atoms with Crippen molar-refractivity contribution < 1.29 is 44.3 Å². The summed E-state index contributed by atoms with van der Waals surface area (Å²) in [6, 6.07) is 5.86. The van der Waals surface area contributed by atoms with E-state index < -0.39 is 57.4 Å². The molecule has 0 aliphatic carbocycles. The summed E-state index contributed by atoms with van der Waals surface area (Å²) in [6.07, 6.45) is -4.45. The summed E-state index contributed by atoms with van der Waals surface area (Å²) >= 11 is 0. The van der Waals surface area contributed by atoms with Crippen molar-refractivity contribution in [2.45, 2.75) is 36.9 Å². The van der Waals surface area contributed by atoms with Crippen LogP contribution in [0.25, 0.3) is 11.0 Å². The third-order valence-electron chi connectivity index (χ3n) is 5.23. The van der Waals surface area contributed by atoms with Crippen molar-refractivity contribution >= 4 is 26.9 Å². The molecule has 2 aromatic carbocycles. The fourth-order valence-corrected chi connectivity index (χ4v) is 5.31. The molecule has 2 heterocycles. The monoisotopic (exact) mass is 504 g/mol. The molecule has 1 amide bonds. The molecule has 1 aromatic heterocycles. The van der Waals surface area contributed by atoms with Gasteiger partial charge in [0.1, 0.15) is 29.0 Å². The molecule has 4 rings (SSSR count). The van der Waals surface area contributed by atoms with E-state index in [9.17, 15) is 35.2 Å². The van der Waals surface area contributed by atoms with Gasteiger partial charge in [0.15, 0.2) is 0 Å². The van der Waals surface area contributed by atoms with Crippen LogP contribution in [0.3, 0.4) is 0 Å². The summed E-state index contributed by atoms with van der Waals surface area (Å²) in [5, 5.41) is 2.13. The zero-order valence-corrected chi connectivity index (χ0v) is 18.1. The molecule has 1 atom stereocenters. The van der Waals surface area contributed by atoms with Gasteiger partial charge in [-0.25, -0.2) is 17.2 Å². The lowest BCUT2D eigenvalue weighted by Gasteiger charge is -2.22. The van der Waals surface area contributed by atoms with Crippen molar-refractivity contribution in [1.82, 2.24) is 9.62 Å². The highest BCUT2D eigenvalue weighted by molar-refractivity contribution is 7.89. The fourth-order valence-electron chi connectivity index (χ4n) is 3.71. The van der Waals surface area contributed by atoms with Gasteiger partial charge in [0.25, 0.3) is 10.0 Å². The van der Waals surface area contributed by atoms with Crippen LogP contribution in [-0.2, 0) is 21.4 Å².